The van der Waals surface area contributed by atoms with E-state index in [4.69, 9.17) is 0 Å². The Morgan fingerprint density at radius 1 is 1.11 bits per heavy atom. The van der Waals surface area contributed by atoms with Crippen LogP contribution in [0.5, 0.6) is 0 Å². The van der Waals surface area contributed by atoms with Gasteiger partial charge in [-0.1, -0.05) is 74.4 Å². The minimum Gasteiger partial charge on any atom is -0.390 e. The van der Waals surface area contributed by atoms with Crippen LogP contribution in [0, 0.1) is 0 Å². The molecule has 0 aromatic heterocycles. The van der Waals surface area contributed by atoms with E-state index in [1.54, 1.807) is 29.2 Å². The zero-order valence-electron chi connectivity index (χ0n) is 16.5. The summed E-state index contributed by atoms with van der Waals surface area (Å²) < 4.78 is 0. The first-order valence-electron chi connectivity index (χ1n) is 9.49. The number of rotatable bonds is 7. The van der Waals surface area contributed by atoms with Crippen molar-refractivity contribution >= 4 is 5.91 Å². The van der Waals surface area contributed by atoms with Crippen LogP contribution < -0.4 is 0 Å². The maximum atomic E-state index is 12.7. The lowest BCUT2D eigenvalue weighted by molar-refractivity contribution is -0.126. The van der Waals surface area contributed by atoms with E-state index < -0.39 is 6.10 Å². The lowest BCUT2D eigenvalue weighted by atomic mass is 10.1. The number of hydrogen-bond acceptors (Lipinski definition) is 3. The molecule has 0 saturated carbocycles. The molecule has 0 unspecified atom stereocenters. The Balaban J connectivity index is 1.98. The van der Waals surface area contributed by atoms with Crippen molar-refractivity contribution in [3.8, 4) is 0 Å². The third kappa shape index (κ3) is 6.19. The minimum atomic E-state index is -0.652. The first kappa shape index (κ1) is 21.6. The molecule has 0 fully saturated rings. The SMILES string of the molecule is C=C/C=C\C1=C(C=C)CN(C[C@@H](O)CN2CCC(=C)/C=C\C=C/C(=C)C2)C1=O. The van der Waals surface area contributed by atoms with Crippen LogP contribution in [0.25, 0.3) is 0 Å². The van der Waals surface area contributed by atoms with Crippen LogP contribution in [0.2, 0.25) is 0 Å². The molecule has 0 saturated heterocycles. The molecule has 4 heteroatoms. The van der Waals surface area contributed by atoms with Crippen molar-refractivity contribution in [1.82, 2.24) is 9.80 Å². The van der Waals surface area contributed by atoms with Gasteiger partial charge in [-0.15, -0.1) is 0 Å². The van der Waals surface area contributed by atoms with E-state index in [0.717, 1.165) is 29.7 Å². The molecule has 2 aliphatic rings. The van der Waals surface area contributed by atoms with Crippen molar-refractivity contribution in [2.24, 2.45) is 0 Å². The van der Waals surface area contributed by atoms with Gasteiger partial charge in [0.15, 0.2) is 0 Å². The van der Waals surface area contributed by atoms with Crippen LogP contribution in [-0.2, 0) is 4.79 Å². The van der Waals surface area contributed by atoms with E-state index in [1.165, 1.54) is 0 Å². The van der Waals surface area contributed by atoms with Crippen molar-refractivity contribution < 1.29 is 9.90 Å². The van der Waals surface area contributed by atoms with E-state index in [2.05, 4.69) is 31.2 Å². The minimum absolute atomic E-state index is 0.0844. The van der Waals surface area contributed by atoms with Crippen molar-refractivity contribution in [1.29, 1.82) is 0 Å². The van der Waals surface area contributed by atoms with Gasteiger partial charge in [0.1, 0.15) is 0 Å². The largest absolute Gasteiger partial charge is 0.390 e. The molecule has 1 N–H and O–H groups in total. The fraction of sp³-hybridized carbons (Fsp3) is 0.292. The van der Waals surface area contributed by atoms with Crippen LogP contribution in [0.15, 0.2) is 97.2 Å². The number of amides is 1. The molecule has 148 valence electrons. The topological polar surface area (TPSA) is 43.8 Å². The van der Waals surface area contributed by atoms with Crippen LogP contribution in [0.4, 0.5) is 0 Å². The van der Waals surface area contributed by atoms with Gasteiger partial charge in [0, 0.05) is 38.3 Å². The second-order valence-corrected chi connectivity index (χ2v) is 7.10. The summed E-state index contributed by atoms with van der Waals surface area (Å²) in [6.45, 7) is 18.2. The molecule has 2 heterocycles. The van der Waals surface area contributed by atoms with E-state index in [-0.39, 0.29) is 12.5 Å². The summed E-state index contributed by atoms with van der Waals surface area (Å²) in [6, 6.07) is 0. The van der Waals surface area contributed by atoms with E-state index in [9.17, 15) is 9.90 Å². The number of allylic oxidation sites excluding steroid dienone is 5. The van der Waals surface area contributed by atoms with Gasteiger partial charge in [-0.05, 0) is 23.6 Å². The zero-order chi connectivity index (χ0) is 20.5. The molecule has 0 aromatic carbocycles. The van der Waals surface area contributed by atoms with Crippen LogP contribution in [0.1, 0.15) is 6.42 Å². The molecule has 2 rings (SSSR count). The van der Waals surface area contributed by atoms with Crippen molar-refractivity contribution in [3.05, 3.63) is 97.2 Å². The predicted molar refractivity (Wildman–Crippen MR) is 117 cm³/mol. The Morgan fingerprint density at radius 3 is 2.50 bits per heavy atom. The number of aliphatic hydroxyl groups excluding tert-OH is 1. The normalized spacial score (nSPS) is 22.6. The summed E-state index contributed by atoms with van der Waals surface area (Å²) in [5.41, 5.74) is 3.51. The Bertz CT molecular complexity index is 767. The summed E-state index contributed by atoms with van der Waals surface area (Å²) in [5, 5.41) is 10.6. The summed E-state index contributed by atoms with van der Waals surface area (Å²) >= 11 is 0. The Kier molecular flexibility index (Phi) is 8.18. The number of carbonyl (C=O) groups is 1. The second kappa shape index (κ2) is 10.6. The first-order chi connectivity index (χ1) is 13.4. The number of aliphatic hydroxyl groups is 1. The smallest absolute Gasteiger partial charge is 0.254 e. The maximum Gasteiger partial charge on any atom is 0.254 e. The van der Waals surface area contributed by atoms with Crippen molar-refractivity contribution in [2.75, 3.05) is 32.7 Å². The highest BCUT2D eigenvalue weighted by Crippen LogP contribution is 2.21. The molecule has 2 aliphatic heterocycles. The van der Waals surface area contributed by atoms with Gasteiger partial charge in [0.05, 0.1) is 6.10 Å². The first-order valence-corrected chi connectivity index (χ1v) is 9.49. The molecule has 0 aliphatic carbocycles. The summed E-state index contributed by atoms with van der Waals surface area (Å²) in [6.07, 6.45) is 14.9. The molecule has 0 aromatic rings. The average molecular weight is 379 g/mol. The fourth-order valence-electron chi connectivity index (χ4n) is 3.29. The van der Waals surface area contributed by atoms with E-state index in [0.29, 0.717) is 25.2 Å². The molecular formula is C24H30N2O2. The molecule has 0 radical (unpaired) electrons. The third-order valence-corrected chi connectivity index (χ3v) is 4.72. The second-order valence-electron chi connectivity index (χ2n) is 7.10. The van der Waals surface area contributed by atoms with Gasteiger partial charge < -0.3 is 10.0 Å². The van der Waals surface area contributed by atoms with E-state index in [1.807, 2.05) is 24.3 Å². The van der Waals surface area contributed by atoms with Gasteiger partial charge in [0.2, 0.25) is 0 Å². The molecule has 0 spiro atoms. The molecule has 1 amide bonds. The van der Waals surface area contributed by atoms with Gasteiger partial charge >= 0.3 is 0 Å². The Labute approximate surface area is 168 Å². The Morgan fingerprint density at radius 2 is 1.82 bits per heavy atom. The summed E-state index contributed by atoms with van der Waals surface area (Å²) in [7, 11) is 0. The molecule has 28 heavy (non-hydrogen) atoms. The average Bonchev–Trinajstić information content (AvgIpc) is 2.96. The fourth-order valence-corrected chi connectivity index (χ4v) is 3.29. The number of carbonyl (C=O) groups excluding carboxylic acids is 1. The lowest BCUT2D eigenvalue weighted by Gasteiger charge is -2.28. The van der Waals surface area contributed by atoms with Crippen molar-refractivity contribution in [3.63, 3.8) is 0 Å². The van der Waals surface area contributed by atoms with Crippen LogP contribution >= 0.6 is 0 Å². The molecule has 0 bridgehead atoms. The summed E-state index contributed by atoms with van der Waals surface area (Å²) in [4.78, 5) is 16.5. The lowest BCUT2D eigenvalue weighted by Crippen LogP contribution is -2.42. The number of hydrogen-bond donors (Lipinski definition) is 1. The summed E-state index contributed by atoms with van der Waals surface area (Å²) in [5.74, 6) is -0.0844. The number of β-amino-alcohol motifs (C(OH)–C–C–N with tert-alkyl or cyclic N) is 1. The van der Waals surface area contributed by atoms with Gasteiger partial charge in [-0.25, -0.2) is 0 Å². The maximum absolute atomic E-state index is 12.7. The molecular weight excluding hydrogens is 348 g/mol. The van der Waals surface area contributed by atoms with Gasteiger partial charge in [0.25, 0.3) is 5.91 Å². The Hall–Kier alpha value is -2.69. The predicted octanol–water partition coefficient (Wildman–Crippen LogP) is 3.34. The molecule has 4 nitrogen and oxygen atoms in total. The number of nitrogens with zero attached hydrogens (tertiary/aromatic N) is 2. The van der Waals surface area contributed by atoms with E-state index >= 15 is 0 Å². The monoisotopic (exact) mass is 378 g/mol. The standard InChI is InChI=1S/C24H30N2O2/c1-5-7-12-23-21(6-2)16-26(24(23)28)18-22(27)17-25-14-13-19(3)10-8-9-11-20(4)15-25/h5-12,22,27H,1-4,13-18H2/b10-8-,11-9-,12-7-/t22-/m0/s1. The van der Waals surface area contributed by atoms with Gasteiger partial charge in [-0.2, -0.15) is 0 Å². The molecule has 1 atom stereocenters. The quantitative estimate of drug-likeness (QED) is 0.691. The van der Waals surface area contributed by atoms with Crippen LogP contribution in [-0.4, -0.2) is 59.6 Å². The van der Waals surface area contributed by atoms with Gasteiger partial charge in [-0.3, -0.25) is 9.69 Å². The highest BCUT2D eigenvalue weighted by Gasteiger charge is 2.29. The van der Waals surface area contributed by atoms with Crippen molar-refractivity contribution in [2.45, 2.75) is 12.5 Å². The third-order valence-electron chi connectivity index (χ3n) is 4.72. The zero-order valence-corrected chi connectivity index (χ0v) is 16.5. The highest BCUT2D eigenvalue weighted by atomic mass is 16.3. The van der Waals surface area contributed by atoms with Crippen LogP contribution in [0.3, 0.4) is 0 Å². The highest BCUT2D eigenvalue weighted by molar-refractivity contribution is 6.00.